The first-order valence-electron chi connectivity index (χ1n) is 7.98. The van der Waals surface area contributed by atoms with Gasteiger partial charge in [-0.2, -0.15) is 9.97 Å². The molecule has 0 N–H and O–H groups in total. The molecule has 0 amide bonds. The van der Waals surface area contributed by atoms with Crippen LogP contribution in [0.5, 0.6) is 11.8 Å². The van der Waals surface area contributed by atoms with E-state index in [9.17, 15) is 0 Å². The summed E-state index contributed by atoms with van der Waals surface area (Å²) in [6, 6.07) is 29.4. The first kappa shape index (κ1) is 15.0. The molecule has 4 aromatic rings. The van der Waals surface area contributed by atoms with Crippen LogP contribution in [-0.4, -0.2) is 15.0 Å². The Morgan fingerprint density at radius 3 is 1.40 bits per heavy atom. The van der Waals surface area contributed by atoms with Gasteiger partial charge in [0, 0.05) is 11.1 Å². The van der Waals surface area contributed by atoms with Crippen LogP contribution in [0, 0.1) is 0 Å². The molecule has 1 heterocycles. The highest BCUT2D eigenvalue weighted by molar-refractivity contribution is 5.61. The molecular weight excluding hydrogens is 310 g/mol. The van der Waals surface area contributed by atoms with Gasteiger partial charge >= 0.3 is 6.01 Å². The lowest BCUT2D eigenvalue weighted by atomic mass is 10.2. The fourth-order valence-corrected chi connectivity index (χ4v) is 2.43. The van der Waals surface area contributed by atoms with Gasteiger partial charge < -0.3 is 4.74 Å². The van der Waals surface area contributed by atoms with Crippen LogP contribution in [0.2, 0.25) is 0 Å². The van der Waals surface area contributed by atoms with Crippen LogP contribution >= 0.6 is 0 Å². The van der Waals surface area contributed by atoms with E-state index in [1.54, 1.807) is 0 Å². The third-order valence-corrected chi connectivity index (χ3v) is 3.63. The molecule has 4 heteroatoms. The van der Waals surface area contributed by atoms with Gasteiger partial charge in [-0.25, -0.2) is 4.98 Å². The molecule has 0 saturated heterocycles. The molecule has 0 aliphatic rings. The fraction of sp³-hybridized carbons (Fsp3) is 0. The SMILES string of the molecule is c1ccc(Oc2nc(-c3ccccc3)nc(-c3ccccc3)n2)cc1. The summed E-state index contributed by atoms with van der Waals surface area (Å²) < 4.78 is 5.84. The van der Waals surface area contributed by atoms with Crippen molar-refractivity contribution in [3.8, 4) is 34.5 Å². The van der Waals surface area contributed by atoms with Crippen LogP contribution in [-0.2, 0) is 0 Å². The predicted octanol–water partition coefficient (Wildman–Crippen LogP) is 5.00. The highest BCUT2D eigenvalue weighted by Crippen LogP contribution is 2.24. The lowest BCUT2D eigenvalue weighted by Crippen LogP contribution is -2.00. The molecule has 0 aliphatic carbocycles. The number of rotatable bonds is 4. The summed E-state index contributed by atoms with van der Waals surface area (Å²) in [7, 11) is 0. The number of aromatic nitrogens is 3. The fourth-order valence-electron chi connectivity index (χ4n) is 2.43. The van der Waals surface area contributed by atoms with E-state index >= 15 is 0 Å². The second kappa shape index (κ2) is 6.93. The number of hydrogen-bond acceptors (Lipinski definition) is 4. The van der Waals surface area contributed by atoms with Crippen molar-refractivity contribution >= 4 is 0 Å². The number of nitrogens with zero attached hydrogens (tertiary/aromatic N) is 3. The molecule has 4 rings (SSSR count). The zero-order valence-corrected chi connectivity index (χ0v) is 13.4. The Kier molecular flexibility index (Phi) is 4.16. The molecule has 120 valence electrons. The van der Waals surface area contributed by atoms with E-state index in [2.05, 4.69) is 15.0 Å². The monoisotopic (exact) mass is 325 g/mol. The second-order valence-corrected chi connectivity index (χ2v) is 5.41. The predicted molar refractivity (Wildman–Crippen MR) is 97.2 cm³/mol. The van der Waals surface area contributed by atoms with E-state index in [1.165, 1.54) is 0 Å². The van der Waals surface area contributed by atoms with Gasteiger partial charge in [0.25, 0.3) is 0 Å². The van der Waals surface area contributed by atoms with E-state index in [-0.39, 0.29) is 6.01 Å². The van der Waals surface area contributed by atoms with Crippen LogP contribution in [0.4, 0.5) is 0 Å². The summed E-state index contributed by atoms with van der Waals surface area (Å²) in [5, 5.41) is 0. The van der Waals surface area contributed by atoms with Gasteiger partial charge in [-0.15, -0.1) is 0 Å². The quantitative estimate of drug-likeness (QED) is 0.530. The lowest BCUT2D eigenvalue weighted by molar-refractivity contribution is 0.441. The normalized spacial score (nSPS) is 10.4. The van der Waals surface area contributed by atoms with Crippen molar-refractivity contribution in [1.82, 2.24) is 15.0 Å². The molecule has 0 unspecified atom stereocenters. The van der Waals surface area contributed by atoms with Crippen LogP contribution < -0.4 is 4.74 Å². The topological polar surface area (TPSA) is 47.9 Å². The summed E-state index contributed by atoms with van der Waals surface area (Å²) in [6.07, 6.45) is 0. The average molecular weight is 325 g/mol. The maximum atomic E-state index is 5.84. The Morgan fingerprint density at radius 1 is 0.480 bits per heavy atom. The highest BCUT2D eigenvalue weighted by Gasteiger charge is 2.11. The number of hydrogen-bond donors (Lipinski definition) is 0. The van der Waals surface area contributed by atoms with Crippen molar-refractivity contribution in [2.45, 2.75) is 0 Å². The summed E-state index contributed by atoms with van der Waals surface area (Å²) in [6.45, 7) is 0. The summed E-state index contributed by atoms with van der Waals surface area (Å²) in [4.78, 5) is 13.6. The average Bonchev–Trinajstić information content (AvgIpc) is 2.70. The van der Waals surface area contributed by atoms with Gasteiger partial charge in [-0.3, -0.25) is 0 Å². The smallest absolute Gasteiger partial charge is 0.326 e. The van der Waals surface area contributed by atoms with Crippen molar-refractivity contribution < 1.29 is 4.74 Å². The standard InChI is InChI=1S/C21H15N3O/c1-4-10-16(11-5-1)19-22-20(17-12-6-2-7-13-17)24-21(23-19)25-18-14-8-3-9-15-18/h1-15H. The molecule has 0 spiro atoms. The highest BCUT2D eigenvalue weighted by atomic mass is 16.5. The van der Waals surface area contributed by atoms with Gasteiger partial charge in [0.1, 0.15) is 5.75 Å². The Balaban J connectivity index is 1.80. The minimum Gasteiger partial charge on any atom is -0.424 e. The number of ether oxygens (including phenoxy) is 1. The minimum atomic E-state index is 0.277. The largest absolute Gasteiger partial charge is 0.424 e. The third kappa shape index (κ3) is 3.53. The van der Waals surface area contributed by atoms with Gasteiger partial charge in [-0.05, 0) is 12.1 Å². The molecule has 0 aliphatic heterocycles. The van der Waals surface area contributed by atoms with Crippen molar-refractivity contribution in [2.24, 2.45) is 0 Å². The summed E-state index contributed by atoms with van der Waals surface area (Å²) in [5.41, 5.74) is 1.83. The van der Waals surface area contributed by atoms with Crippen LogP contribution in [0.3, 0.4) is 0 Å². The minimum absolute atomic E-state index is 0.277. The Hall–Kier alpha value is -3.53. The number of para-hydroxylation sites is 1. The summed E-state index contributed by atoms with van der Waals surface area (Å²) >= 11 is 0. The molecule has 0 fully saturated rings. The van der Waals surface area contributed by atoms with E-state index in [0.29, 0.717) is 17.4 Å². The molecule has 0 saturated carbocycles. The van der Waals surface area contributed by atoms with Gasteiger partial charge in [0.15, 0.2) is 11.6 Å². The maximum absolute atomic E-state index is 5.84. The van der Waals surface area contributed by atoms with Gasteiger partial charge in [0.2, 0.25) is 0 Å². The molecule has 1 aromatic heterocycles. The van der Waals surface area contributed by atoms with E-state index in [0.717, 1.165) is 11.1 Å². The second-order valence-electron chi connectivity index (χ2n) is 5.41. The first-order chi connectivity index (χ1) is 12.4. The van der Waals surface area contributed by atoms with Crippen molar-refractivity contribution in [1.29, 1.82) is 0 Å². The van der Waals surface area contributed by atoms with E-state index < -0.39 is 0 Å². The molecule has 25 heavy (non-hydrogen) atoms. The van der Waals surface area contributed by atoms with Crippen LogP contribution in [0.15, 0.2) is 91.0 Å². The first-order valence-corrected chi connectivity index (χ1v) is 7.98. The maximum Gasteiger partial charge on any atom is 0.326 e. The van der Waals surface area contributed by atoms with Gasteiger partial charge in [-0.1, -0.05) is 78.9 Å². The molecule has 0 radical (unpaired) electrons. The van der Waals surface area contributed by atoms with Crippen molar-refractivity contribution in [3.05, 3.63) is 91.0 Å². The van der Waals surface area contributed by atoms with Crippen molar-refractivity contribution in [2.75, 3.05) is 0 Å². The Bertz CT molecular complexity index is 900. The van der Waals surface area contributed by atoms with E-state index in [4.69, 9.17) is 4.74 Å². The van der Waals surface area contributed by atoms with Crippen LogP contribution in [0.1, 0.15) is 0 Å². The molecular formula is C21H15N3O. The number of benzene rings is 3. The molecule has 0 bridgehead atoms. The molecule has 3 aromatic carbocycles. The zero-order valence-electron chi connectivity index (χ0n) is 13.4. The summed E-state index contributed by atoms with van der Waals surface area (Å²) in [5.74, 6) is 1.85. The zero-order chi connectivity index (χ0) is 16.9. The lowest BCUT2D eigenvalue weighted by Gasteiger charge is -2.08. The molecule has 4 nitrogen and oxygen atoms in total. The molecule has 0 atom stereocenters. The van der Waals surface area contributed by atoms with Crippen molar-refractivity contribution in [3.63, 3.8) is 0 Å². The Labute approximate surface area is 145 Å². The van der Waals surface area contributed by atoms with Gasteiger partial charge in [0.05, 0.1) is 0 Å². The van der Waals surface area contributed by atoms with Crippen LogP contribution in [0.25, 0.3) is 22.8 Å². The Morgan fingerprint density at radius 2 is 0.920 bits per heavy atom. The third-order valence-electron chi connectivity index (χ3n) is 3.63. The van der Waals surface area contributed by atoms with E-state index in [1.807, 2.05) is 91.0 Å².